The molecule has 0 aliphatic carbocycles. The molecule has 4 rings (SSSR count). The quantitative estimate of drug-likeness (QED) is 0.453. The Hall–Kier alpha value is -3.56. The molecule has 0 fully saturated rings. The van der Waals surface area contributed by atoms with Crippen LogP contribution in [0.2, 0.25) is 0 Å². The third-order valence-corrected chi connectivity index (χ3v) is 6.83. The number of nitrogens with one attached hydrogen (secondary N) is 1. The van der Waals surface area contributed by atoms with Crippen LogP contribution >= 0.6 is 11.8 Å². The second-order valence-electron chi connectivity index (χ2n) is 7.61. The minimum Gasteiger partial charge on any atom is -0.468 e. The van der Waals surface area contributed by atoms with Gasteiger partial charge in [0.2, 0.25) is 5.91 Å². The van der Waals surface area contributed by atoms with Gasteiger partial charge in [-0.15, -0.1) is 11.8 Å². The minimum atomic E-state index is -1.11. The number of hydrogen-bond acceptors (Lipinski definition) is 5. The Morgan fingerprint density at radius 3 is 2.56 bits per heavy atom. The second kappa shape index (κ2) is 9.29. The Bertz CT molecular complexity index is 1270. The van der Waals surface area contributed by atoms with Crippen LogP contribution in [0, 0.1) is 24.2 Å². The van der Waals surface area contributed by atoms with E-state index in [4.69, 9.17) is 4.74 Å². The third kappa shape index (κ3) is 4.00. The standard InChI is InChI=1S/C26H22N2O3S/c1-16-8-3-5-12-19(16)22-21(14-27)25(28-24(29)23(22)26(30)31-2)32-15-18-11-7-10-17-9-4-6-13-20(17)18/h3-13,22-23H,15H2,1-2H3,(H,28,29)/t22-,23-/m0/s1. The van der Waals surface area contributed by atoms with Gasteiger partial charge in [0.05, 0.1) is 23.8 Å². The molecule has 2 atom stereocenters. The summed E-state index contributed by atoms with van der Waals surface area (Å²) in [7, 11) is 1.26. The summed E-state index contributed by atoms with van der Waals surface area (Å²) in [6.07, 6.45) is 0. The first-order valence-electron chi connectivity index (χ1n) is 10.2. The Morgan fingerprint density at radius 2 is 1.81 bits per heavy atom. The zero-order valence-corrected chi connectivity index (χ0v) is 18.6. The molecule has 0 aromatic heterocycles. The van der Waals surface area contributed by atoms with E-state index >= 15 is 0 Å². The highest BCUT2D eigenvalue weighted by atomic mass is 32.2. The highest BCUT2D eigenvalue weighted by Crippen LogP contribution is 2.42. The fourth-order valence-electron chi connectivity index (χ4n) is 4.16. The van der Waals surface area contributed by atoms with Crippen molar-refractivity contribution in [2.45, 2.75) is 18.6 Å². The molecule has 0 unspecified atom stereocenters. The molecule has 0 bridgehead atoms. The number of methoxy groups -OCH3 is 1. The van der Waals surface area contributed by atoms with E-state index < -0.39 is 23.7 Å². The largest absolute Gasteiger partial charge is 0.468 e. The number of esters is 1. The van der Waals surface area contributed by atoms with Gasteiger partial charge in [-0.3, -0.25) is 9.59 Å². The molecule has 6 heteroatoms. The summed E-state index contributed by atoms with van der Waals surface area (Å²) in [6, 6.07) is 24.0. The maximum atomic E-state index is 13.0. The zero-order chi connectivity index (χ0) is 22.7. The first-order valence-corrected chi connectivity index (χ1v) is 11.2. The number of benzene rings is 3. The molecule has 160 valence electrons. The van der Waals surface area contributed by atoms with Crippen molar-refractivity contribution < 1.29 is 14.3 Å². The SMILES string of the molecule is COC(=O)[C@@H]1C(=O)NC(SCc2cccc3ccccc23)=C(C#N)[C@@H]1c1ccccc1C. The van der Waals surface area contributed by atoms with Gasteiger partial charge < -0.3 is 10.1 Å². The predicted octanol–water partition coefficient (Wildman–Crippen LogP) is 4.82. The van der Waals surface area contributed by atoms with Gasteiger partial charge >= 0.3 is 5.97 Å². The number of amides is 1. The Morgan fingerprint density at radius 1 is 1.09 bits per heavy atom. The summed E-state index contributed by atoms with van der Waals surface area (Å²) in [4.78, 5) is 25.6. The smallest absolute Gasteiger partial charge is 0.319 e. The lowest BCUT2D eigenvalue weighted by atomic mass is 9.77. The molecule has 1 heterocycles. The number of thioether (sulfide) groups is 1. The van der Waals surface area contributed by atoms with Gasteiger partial charge in [0.1, 0.15) is 5.92 Å². The van der Waals surface area contributed by atoms with Crippen molar-refractivity contribution in [3.05, 3.63) is 94.0 Å². The Balaban J connectivity index is 1.76. The number of ether oxygens (including phenoxy) is 1. The number of hydrogen-bond donors (Lipinski definition) is 1. The van der Waals surface area contributed by atoms with Gasteiger partial charge in [-0.25, -0.2) is 0 Å². The monoisotopic (exact) mass is 442 g/mol. The van der Waals surface area contributed by atoms with Crippen LogP contribution in [0.3, 0.4) is 0 Å². The van der Waals surface area contributed by atoms with Gasteiger partial charge in [-0.2, -0.15) is 5.26 Å². The molecule has 5 nitrogen and oxygen atoms in total. The number of nitriles is 1. The molecule has 3 aromatic carbocycles. The third-order valence-electron chi connectivity index (χ3n) is 5.76. The van der Waals surface area contributed by atoms with Gasteiger partial charge in [-0.05, 0) is 34.4 Å². The van der Waals surface area contributed by atoms with Gasteiger partial charge in [0.15, 0.2) is 0 Å². The number of rotatable bonds is 5. The van der Waals surface area contributed by atoms with Crippen LogP contribution in [-0.2, 0) is 20.1 Å². The average Bonchev–Trinajstić information content (AvgIpc) is 2.82. The van der Waals surface area contributed by atoms with Crippen molar-refractivity contribution in [1.82, 2.24) is 5.32 Å². The fourth-order valence-corrected chi connectivity index (χ4v) is 5.21. The maximum Gasteiger partial charge on any atom is 0.319 e. The molecule has 0 spiro atoms. The van der Waals surface area contributed by atoms with Crippen molar-refractivity contribution >= 4 is 34.4 Å². The van der Waals surface area contributed by atoms with Crippen molar-refractivity contribution in [3.8, 4) is 6.07 Å². The normalized spacial score (nSPS) is 18.2. The molecular formula is C26H22N2O3S. The molecule has 1 amide bonds. The van der Waals surface area contributed by atoms with Gasteiger partial charge in [-0.1, -0.05) is 66.7 Å². The van der Waals surface area contributed by atoms with E-state index in [0.717, 1.165) is 27.5 Å². The van der Waals surface area contributed by atoms with E-state index in [1.54, 1.807) is 0 Å². The van der Waals surface area contributed by atoms with Crippen LogP contribution in [0.5, 0.6) is 0 Å². The van der Waals surface area contributed by atoms with Crippen LogP contribution in [0.15, 0.2) is 77.3 Å². The Labute approximate surface area is 191 Å². The Kier molecular flexibility index (Phi) is 6.29. The predicted molar refractivity (Wildman–Crippen MR) is 125 cm³/mol. The van der Waals surface area contributed by atoms with Crippen LogP contribution < -0.4 is 5.32 Å². The van der Waals surface area contributed by atoms with Crippen molar-refractivity contribution in [1.29, 1.82) is 5.26 Å². The number of carbonyl (C=O) groups excluding carboxylic acids is 2. The first-order chi connectivity index (χ1) is 15.5. The number of aryl methyl sites for hydroxylation is 1. The lowest BCUT2D eigenvalue weighted by Crippen LogP contribution is -2.44. The lowest BCUT2D eigenvalue weighted by molar-refractivity contribution is -0.150. The van der Waals surface area contributed by atoms with Crippen LogP contribution in [-0.4, -0.2) is 19.0 Å². The molecule has 0 saturated heterocycles. The van der Waals surface area contributed by atoms with E-state index in [-0.39, 0.29) is 0 Å². The molecule has 1 aliphatic heterocycles. The van der Waals surface area contributed by atoms with E-state index in [1.165, 1.54) is 18.9 Å². The van der Waals surface area contributed by atoms with Gasteiger partial charge in [0.25, 0.3) is 0 Å². The summed E-state index contributed by atoms with van der Waals surface area (Å²) in [6.45, 7) is 1.91. The highest BCUT2D eigenvalue weighted by Gasteiger charge is 2.44. The summed E-state index contributed by atoms with van der Waals surface area (Å²) in [5, 5.41) is 15.6. The summed E-state index contributed by atoms with van der Waals surface area (Å²) >= 11 is 1.40. The van der Waals surface area contributed by atoms with E-state index in [0.29, 0.717) is 16.4 Å². The average molecular weight is 443 g/mol. The fraction of sp³-hybridized carbons (Fsp3) is 0.192. The van der Waals surface area contributed by atoms with E-state index in [2.05, 4.69) is 29.6 Å². The van der Waals surface area contributed by atoms with Crippen LogP contribution in [0.25, 0.3) is 10.8 Å². The van der Waals surface area contributed by atoms with Crippen LogP contribution in [0.4, 0.5) is 0 Å². The van der Waals surface area contributed by atoms with Crippen molar-refractivity contribution in [2.75, 3.05) is 7.11 Å². The lowest BCUT2D eigenvalue weighted by Gasteiger charge is -2.31. The van der Waals surface area contributed by atoms with Crippen molar-refractivity contribution in [2.24, 2.45) is 5.92 Å². The molecule has 1 N–H and O–H groups in total. The molecule has 32 heavy (non-hydrogen) atoms. The zero-order valence-electron chi connectivity index (χ0n) is 17.8. The highest BCUT2D eigenvalue weighted by molar-refractivity contribution is 8.02. The minimum absolute atomic E-state index is 0.375. The number of carbonyl (C=O) groups is 2. The molecule has 0 radical (unpaired) electrons. The summed E-state index contributed by atoms with van der Waals surface area (Å²) in [5.74, 6) is -2.34. The summed E-state index contributed by atoms with van der Waals surface area (Å²) in [5.41, 5.74) is 3.17. The van der Waals surface area contributed by atoms with E-state index in [1.807, 2.05) is 55.5 Å². The topological polar surface area (TPSA) is 79.2 Å². The van der Waals surface area contributed by atoms with Gasteiger partial charge in [0, 0.05) is 11.7 Å². The molecule has 0 saturated carbocycles. The van der Waals surface area contributed by atoms with Crippen LogP contribution in [0.1, 0.15) is 22.6 Å². The summed E-state index contributed by atoms with van der Waals surface area (Å²) < 4.78 is 4.92. The number of fused-ring (bicyclic) bond motifs is 1. The molecule has 3 aromatic rings. The number of nitrogens with zero attached hydrogens (tertiary/aromatic N) is 1. The number of allylic oxidation sites excluding steroid dienone is 1. The molecular weight excluding hydrogens is 420 g/mol. The van der Waals surface area contributed by atoms with Crippen molar-refractivity contribution in [3.63, 3.8) is 0 Å². The molecule has 1 aliphatic rings. The second-order valence-corrected chi connectivity index (χ2v) is 8.59. The maximum absolute atomic E-state index is 13.0. The van der Waals surface area contributed by atoms with E-state index in [9.17, 15) is 14.9 Å². The first kappa shape index (κ1) is 21.7.